The first-order valence-electron chi connectivity index (χ1n) is 8.15. The van der Waals surface area contributed by atoms with Gasteiger partial charge >= 0.3 is 0 Å². The molecule has 2 N–H and O–H groups in total. The molecule has 1 fully saturated rings. The van der Waals surface area contributed by atoms with Crippen LogP contribution in [0.4, 0.5) is 11.4 Å². The van der Waals surface area contributed by atoms with Gasteiger partial charge in [0.25, 0.3) is 0 Å². The molecule has 2 amide bonds. The smallest absolute Gasteiger partial charge is 0.240 e. The summed E-state index contributed by atoms with van der Waals surface area (Å²) in [5, 5.41) is 14.6. The van der Waals surface area contributed by atoms with Gasteiger partial charge in [0, 0.05) is 11.4 Å². The van der Waals surface area contributed by atoms with Crippen molar-refractivity contribution in [2.75, 3.05) is 10.6 Å². The number of benzene rings is 2. The van der Waals surface area contributed by atoms with Gasteiger partial charge in [-0.1, -0.05) is 18.2 Å². The van der Waals surface area contributed by atoms with Crippen molar-refractivity contribution in [2.45, 2.75) is 26.7 Å². The number of rotatable bonds is 4. The number of hydrogen-bond acceptors (Lipinski definition) is 3. The average molecular weight is 333 g/mol. The van der Waals surface area contributed by atoms with E-state index in [0.717, 1.165) is 16.8 Å². The zero-order valence-electron chi connectivity index (χ0n) is 14.2. The summed E-state index contributed by atoms with van der Waals surface area (Å²) < 4.78 is 0. The van der Waals surface area contributed by atoms with Crippen LogP contribution in [0.25, 0.3) is 0 Å². The standard InChI is InChI=1S/C20H19N3O2/c1-13-6-7-14(2)17(10-13)23-19(25)20(8-9-20)18(24)22-16-5-3-4-15(11-16)12-21/h3-7,10-11H,8-9H2,1-2H3,(H,22,24)(H,23,25). The molecule has 1 aliphatic carbocycles. The predicted molar refractivity (Wildman–Crippen MR) is 96.0 cm³/mol. The quantitative estimate of drug-likeness (QED) is 0.840. The Kier molecular flexibility index (Phi) is 4.28. The largest absolute Gasteiger partial charge is 0.325 e. The maximum absolute atomic E-state index is 12.7. The van der Waals surface area contributed by atoms with Crippen molar-refractivity contribution in [3.8, 4) is 6.07 Å². The van der Waals surface area contributed by atoms with E-state index in [0.29, 0.717) is 24.1 Å². The minimum Gasteiger partial charge on any atom is -0.325 e. The topological polar surface area (TPSA) is 82.0 Å². The predicted octanol–water partition coefficient (Wildman–Crippen LogP) is 3.53. The molecule has 1 aliphatic rings. The Hall–Kier alpha value is -3.13. The number of nitrogens with zero attached hydrogens (tertiary/aromatic N) is 1. The van der Waals surface area contributed by atoms with Crippen LogP contribution in [0.3, 0.4) is 0 Å². The van der Waals surface area contributed by atoms with Crippen molar-refractivity contribution in [3.63, 3.8) is 0 Å². The van der Waals surface area contributed by atoms with Gasteiger partial charge in [-0.15, -0.1) is 0 Å². The monoisotopic (exact) mass is 333 g/mol. The molecule has 3 rings (SSSR count). The summed E-state index contributed by atoms with van der Waals surface area (Å²) in [5.74, 6) is -0.611. The highest BCUT2D eigenvalue weighted by Gasteiger charge is 2.56. The van der Waals surface area contributed by atoms with Crippen LogP contribution < -0.4 is 10.6 Å². The van der Waals surface area contributed by atoms with Crippen LogP contribution in [0.2, 0.25) is 0 Å². The molecule has 126 valence electrons. The molecule has 25 heavy (non-hydrogen) atoms. The minimum atomic E-state index is -1.03. The Bertz CT molecular complexity index is 892. The normalized spacial score (nSPS) is 14.3. The molecule has 0 heterocycles. The van der Waals surface area contributed by atoms with E-state index in [2.05, 4.69) is 10.6 Å². The Morgan fingerprint density at radius 2 is 1.76 bits per heavy atom. The molecule has 2 aromatic carbocycles. The van der Waals surface area contributed by atoms with Crippen LogP contribution in [0.1, 0.15) is 29.5 Å². The summed E-state index contributed by atoms with van der Waals surface area (Å²) in [5.41, 5.74) is 2.69. The van der Waals surface area contributed by atoms with Gasteiger partial charge in [-0.05, 0) is 62.1 Å². The number of carbonyl (C=O) groups excluding carboxylic acids is 2. The third-order valence-corrected chi connectivity index (χ3v) is 4.51. The van der Waals surface area contributed by atoms with Crippen molar-refractivity contribution in [1.29, 1.82) is 5.26 Å². The average Bonchev–Trinajstić information content (AvgIpc) is 3.40. The Morgan fingerprint density at radius 3 is 2.44 bits per heavy atom. The van der Waals surface area contributed by atoms with Crippen LogP contribution >= 0.6 is 0 Å². The fourth-order valence-electron chi connectivity index (χ4n) is 2.71. The molecule has 0 unspecified atom stereocenters. The minimum absolute atomic E-state index is 0.282. The van der Waals surface area contributed by atoms with Crippen molar-refractivity contribution in [2.24, 2.45) is 5.41 Å². The number of hydrogen-bond donors (Lipinski definition) is 2. The van der Waals surface area contributed by atoms with Crippen molar-refractivity contribution < 1.29 is 9.59 Å². The number of nitrogens with one attached hydrogen (secondary N) is 2. The van der Waals surface area contributed by atoms with Crippen LogP contribution in [-0.4, -0.2) is 11.8 Å². The van der Waals surface area contributed by atoms with Gasteiger partial charge in [0.05, 0.1) is 11.6 Å². The lowest BCUT2D eigenvalue weighted by atomic mass is 10.0. The summed E-state index contributed by atoms with van der Waals surface area (Å²) in [6, 6.07) is 14.5. The summed E-state index contributed by atoms with van der Waals surface area (Å²) in [4.78, 5) is 25.3. The third-order valence-electron chi connectivity index (χ3n) is 4.51. The first-order chi connectivity index (χ1) is 11.9. The second-order valence-corrected chi connectivity index (χ2v) is 6.50. The van der Waals surface area contributed by atoms with E-state index in [9.17, 15) is 9.59 Å². The van der Waals surface area contributed by atoms with E-state index < -0.39 is 5.41 Å². The van der Waals surface area contributed by atoms with E-state index in [4.69, 9.17) is 5.26 Å². The summed E-state index contributed by atoms with van der Waals surface area (Å²) >= 11 is 0. The fraction of sp³-hybridized carbons (Fsp3) is 0.250. The third kappa shape index (κ3) is 3.38. The van der Waals surface area contributed by atoms with Gasteiger partial charge in [-0.2, -0.15) is 5.26 Å². The van der Waals surface area contributed by atoms with E-state index in [1.165, 1.54) is 0 Å². The first-order valence-corrected chi connectivity index (χ1v) is 8.15. The Labute approximate surface area is 146 Å². The number of nitriles is 1. The van der Waals surface area contributed by atoms with Crippen molar-refractivity contribution in [3.05, 3.63) is 59.2 Å². The summed E-state index contributed by atoms with van der Waals surface area (Å²) in [6.45, 7) is 3.87. The summed E-state index contributed by atoms with van der Waals surface area (Å²) in [7, 11) is 0. The van der Waals surface area contributed by atoms with E-state index >= 15 is 0 Å². The molecule has 0 aliphatic heterocycles. The lowest BCUT2D eigenvalue weighted by Crippen LogP contribution is -2.35. The number of carbonyl (C=O) groups is 2. The van der Waals surface area contributed by atoms with E-state index in [1.54, 1.807) is 24.3 Å². The van der Waals surface area contributed by atoms with Crippen molar-refractivity contribution in [1.82, 2.24) is 0 Å². The zero-order chi connectivity index (χ0) is 18.0. The second kappa shape index (κ2) is 6.40. The number of anilines is 2. The molecular formula is C20H19N3O2. The van der Waals surface area contributed by atoms with Crippen LogP contribution in [0.15, 0.2) is 42.5 Å². The highest BCUT2D eigenvalue weighted by Crippen LogP contribution is 2.47. The van der Waals surface area contributed by atoms with E-state index in [-0.39, 0.29) is 11.8 Å². The maximum Gasteiger partial charge on any atom is 0.240 e. The van der Waals surface area contributed by atoms with Crippen LogP contribution in [-0.2, 0) is 9.59 Å². The maximum atomic E-state index is 12.7. The van der Waals surface area contributed by atoms with E-state index in [1.807, 2.05) is 38.1 Å². The van der Waals surface area contributed by atoms with Gasteiger partial charge in [0.1, 0.15) is 5.41 Å². The SMILES string of the molecule is Cc1ccc(C)c(NC(=O)C2(C(=O)Nc3cccc(C#N)c3)CC2)c1. The lowest BCUT2D eigenvalue weighted by molar-refractivity contribution is -0.131. The Morgan fingerprint density at radius 1 is 1.04 bits per heavy atom. The zero-order valence-corrected chi connectivity index (χ0v) is 14.2. The molecule has 1 saturated carbocycles. The molecule has 5 nitrogen and oxygen atoms in total. The van der Waals surface area contributed by atoms with Gasteiger partial charge in [0.15, 0.2) is 0 Å². The van der Waals surface area contributed by atoms with Crippen molar-refractivity contribution >= 4 is 23.2 Å². The Balaban J connectivity index is 1.74. The number of amides is 2. The molecule has 0 saturated heterocycles. The molecule has 0 radical (unpaired) electrons. The van der Waals surface area contributed by atoms with Gasteiger partial charge in [-0.25, -0.2) is 0 Å². The fourth-order valence-corrected chi connectivity index (χ4v) is 2.71. The highest BCUT2D eigenvalue weighted by molar-refractivity contribution is 6.17. The molecule has 5 heteroatoms. The molecule has 2 aromatic rings. The van der Waals surface area contributed by atoms with Gasteiger partial charge < -0.3 is 10.6 Å². The number of aryl methyl sites for hydroxylation is 2. The van der Waals surface area contributed by atoms with Gasteiger partial charge in [0.2, 0.25) is 11.8 Å². The van der Waals surface area contributed by atoms with Gasteiger partial charge in [-0.3, -0.25) is 9.59 Å². The second-order valence-electron chi connectivity index (χ2n) is 6.50. The summed E-state index contributed by atoms with van der Waals surface area (Å²) in [6.07, 6.45) is 1.04. The molecule has 0 aromatic heterocycles. The lowest BCUT2D eigenvalue weighted by Gasteiger charge is -2.17. The highest BCUT2D eigenvalue weighted by atomic mass is 16.2. The molecule has 0 bridgehead atoms. The first kappa shape index (κ1) is 16.7. The molecular weight excluding hydrogens is 314 g/mol. The van der Waals surface area contributed by atoms with Crippen LogP contribution in [0, 0.1) is 30.6 Å². The molecule has 0 atom stereocenters. The van der Waals surface area contributed by atoms with Crippen LogP contribution in [0.5, 0.6) is 0 Å². The molecule has 0 spiro atoms.